The molecule has 2 nitrogen and oxygen atoms in total. The molecule has 0 aromatic heterocycles. The lowest BCUT2D eigenvalue weighted by Crippen LogP contribution is -2.25. The van der Waals surface area contributed by atoms with Crippen LogP contribution in [0.15, 0.2) is 48.6 Å². The van der Waals surface area contributed by atoms with Gasteiger partial charge in [-0.15, -0.1) is 0 Å². The zero-order valence-electron chi connectivity index (χ0n) is 15.5. The van der Waals surface area contributed by atoms with Crippen LogP contribution in [0.4, 0.5) is 0 Å². The summed E-state index contributed by atoms with van der Waals surface area (Å²) in [5, 5.41) is 17.5. The smallest absolute Gasteiger partial charge is 0.0991 e. The van der Waals surface area contributed by atoms with Crippen molar-refractivity contribution < 1.29 is 0 Å². The molecule has 0 unspecified atom stereocenters. The second kappa shape index (κ2) is 9.40. The van der Waals surface area contributed by atoms with Gasteiger partial charge in [-0.2, -0.15) is 10.5 Å². The van der Waals surface area contributed by atoms with E-state index in [4.69, 9.17) is 10.5 Å². The highest BCUT2D eigenvalue weighted by Crippen LogP contribution is 2.44. The Hall–Kier alpha value is -2.32. The number of allylic oxidation sites excluding steroid dienone is 4. The third kappa shape index (κ3) is 4.86. The van der Waals surface area contributed by atoms with E-state index in [1.165, 1.54) is 63.0 Å². The minimum absolute atomic E-state index is 0.685. The molecule has 0 amide bonds. The molecule has 0 radical (unpaired) electrons. The molecule has 26 heavy (non-hydrogen) atoms. The van der Waals surface area contributed by atoms with E-state index in [-0.39, 0.29) is 0 Å². The van der Waals surface area contributed by atoms with Gasteiger partial charge >= 0.3 is 0 Å². The molecule has 3 rings (SSSR count). The third-order valence-corrected chi connectivity index (χ3v) is 6.43. The molecule has 1 aromatic rings. The second-order valence-corrected chi connectivity index (χ2v) is 7.89. The first kappa shape index (κ1) is 18.5. The van der Waals surface area contributed by atoms with Crippen LogP contribution >= 0.6 is 0 Å². The molecule has 2 aliphatic carbocycles. The van der Waals surface area contributed by atoms with Crippen molar-refractivity contribution in [1.29, 1.82) is 10.5 Å². The molecule has 2 fully saturated rings. The van der Waals surface area contributed by atoms with Gasteiger partial charge in [-0.3, -0.25) is 0 Å². The van der Waals surface area contributed by atoms with Gasteiger partial charge in [-0.25, -0.2) is 0 Å². The molecular weight excluding hydrogens is 316 g/mol. The average Bonchev–Trinajstić information content (AvgIpc) is 2.72. The molecule has 2 aliphatic rings. The first-order valence-corrected chi connectivity index (χ1v) is 10.0. The van der Waals surface area contributed by atoms with Gasteiger partial charge in [0.1, 0.15) is 0 Å². The third-order valence-electron chi connectivity index (χ3n) is 6.43. The van der Waals surface area contributed by atoms with E-state index < -0.39 is 0 Å². The van der Waals surface area contributed by atoms with Crippen LogP contribution in [-0.4, -0.2) is 0 Å². The molecule has 0 saturated heterocycles. The van der Waals surface area contributed by atoms with Crippen LogP contribution in [0.3, 0.4) is 0 Å². The summed E-state index contributed by atoms with van der Waals surface area (Å²) < 4.78 is 0. The van der Waals surface area contributed by atoms with Crippen LogP contribution in [0.25, 0.3) is 0 Å². The fourth-order valence-corrected chi connectivity index (χ4v) is 4.88. The SMILES string of the molecule is N#C/C=C/C=C/C1CCC(C2CCC(c3ccc(C#N)cc3)CC2)CC1. The first-order valence-electron chi connectivity index (χ1n) is 10.0. The first-order chi connectivity index (χ1) is 12.8. The highest BCUT2D eigenvalue weighted by atomic mass is 14.4. The maximum atomic E-state index is 8.94. The largest absolute Gasteiger partial charge is 0.193 e. The lowest BCUT2D eigenvalue weighted by molar-refractivity contribution is 0.171. The van der Waals surface area contributed by atoms with Gasteiger partial charge in [-0.1, -0.05) is 30.4 Å². The Balaban J connectivity index is 1.44. The lowest BCUT2D eigenvalue weighted by Gasteiger charge is -2.37. The summed E-state index contributed by atoms with van der Waals surface area (Å²) in [4.78, 5) is 0. The van der Waals surface area contributed by atoms with Crippen molar-refractivity contribution in [1.82, 2.24) is 0 Å². The van der Waals surface area contributed by atoms with Gasteiger partial charge in [0.15, 0.2) is 0 Å². The van der Waals surface area contributed by atoms with Crippen molar-refractivity contribution >= 4 is 0 Å². The summed E-state index contributed by atoms with van der Waals surface area (Å²) in [5.41, 5.74) is 2.18. The zero-order valence-corrected chi connectivity index (χ0v) is 15.5. The number of nitrogens with zero attached hydrogens (tertiary/aromatic N) is 2. The molecule has 2 heteroatoms. The van der Waals surface area contributed by atoms with E-state index in [1.54, 1.807) is 0 Å². The van der Waals surface area contributed by atoms with E-state index in [1.807, 2.05) is 30.4 Å². The van der Waals surface area contributed by atoms with E-state index in [2.05, 4.69) is 24.3 Å². The number of nitriles is 2. The zero-order chi connectivity index (χ0) is 18.2. The standard InChI is InChI=1S/C24H28N2/c25-17-3-1-2-4-19-5-9-21(10-6-19)23-13-15-24(16-14-23)22-11-7-20(18-26)8-12-22/h1-4,7-8,11-12,19,21,23-24H,5-6,9-10,13-16H2/b3-1+,4-2+. The molecule has 0 aliphatic heterocycles. The molecule has 0 heterocycles. The summed E-state index contributed by atoms with van der Waals surface area (Å²) in [6, 6.07) is 12.5. The Kier molecular flexibility index (Phi) is 6.68. The summed E-state index contributed by atoms with van der Waals surface area (Å²) in [6.45, 7) is 0. The van der Waals surface area contributed by atoms with Gasteiger partial charge < -0.3 is 0 Å². The Morgan fingerprint density at radius 1 is 0.769 bits per heavy atom. The van der Waals surface area contributed by atoms with Crippen LogP contribution < -0.4 is 0 Å². The van der Waals surface area contributed by atoms with Gasteiger partial charge in [0, 0.05) is 6.08 Å². The molecule has 0 bridgehead atoms. The highest BCUT2D eigenvalue weighted by molar-refractivity contribution is 5.33. The number of rotatable bonds is 4. The lowest BCUT2D eigenvalue weighted by atomic mass is 9.68. The summed E-state index contributed by atoms with van der Waals surface area (Å²) in [5.74, 6) is 3.21. The Labute approximate surface area is 157 Å². The summed E-state index contributed by atoms with van der Waals surface area (Å²) >= 11 is 0. The number of hydrogen-bond donors (Lipinski definition) is 0. The second-order valence-electron chi connectivity index (χ2n) is 7.89. The van der Waals surface area contributed by atoms with E-state index in [0.717, 1.165) is 17.4 Å². The fourth-order valence-electron chi connectivity index (χ4n) is 4.88. The Morgan fingerprint density at radius 2 is 1.38 bits per heavy atom. The molecule has 0 N–H and O–H groups in total. The van der Waals surface area contributed by atoms with Crippen LogP contribution in [0, 0.1) is 40.4 Å². The van der Waals surface area contributed by atoms with Crippen molar-refractivity contribution in [3.63, 3.8) is 0 Å². The molecular formula is C24H28N2. The van der Waals surface area contributed by atoms with E-state index in [9.17, 15) is 0 Å². The van der Waals surface area contributed by atoms with E-state index >= 15 is 0 Å². The van der Waals surface area contributed by atoms with Crippen LogP contribution in [-0.2, 0) is 0 Å². The van der Waals surface area contributed by atoms with Gasteiger partial charge in [0.25, 0.3) is 0 Å². The quantitative estimate of drug-likeness (QED) is 0.477. The van der Waals surface area contributed by atoms with E-state index in [0.29, 0.717) is 11.8 Å². The maximum Gasteiger partial charge on any atom is 0.0991 e. The molecule has 1 aromatic carbocycles. The molecule has 134 valence electrons. The summed E-state index contributed by atoms with van der Waals surface area (Å²) in [7, 11) is 0. The van der Waals surface area contributed by atoms with Crippen LogP contribution in [0.2, 0.25) is 0 Å². The number of hydrogen-bond acceptors (Lipinski definition) is 2. The van der Waals surface area contributed by atoms with Crippen LogP contribution in [0.1, 0.15) is 68.4 Å². The topological polar surface area (TPSA) is 47.6 Å². The van der Waals surface area contributed by atoms with Crippen molar-refractivity contribution in [2.24, 2.45) is 17.8 Å². The maximum absolute atomic E-state index is 8.94. The molecule has 0 spiro atoms. The minimum Gasteiger partial charge on any atom is -0.193 e. The minimum atomic E-state index is 0.685. The van der Waals surface area contributed by atoms with Gasteiger partial charge in [0.2, 0.25) is 0 Å². The predicted molar refractivity (Wildman–Crippen MR) is 105 cm³/mol. The highest BCUT2D eigenvalue weighted by Gasteiger charge is 2.30. The van der Waals surface area contributed by atoms with Crippen molar-refractivity contribution in [2.75, 3.05) is 0 Å². The van der Waals surface area contributed by atoms with Gasteiger partial charge in [-0.05, 0) is 92.7 Å². The van der Waals surface area contributed by atoms with Crippen molar-refractivity contribution in [3.05, 3.63) is 59.7 Å². The Bertz CT molecular complexity index is 698. The predicted octanol–water partition coefficient (Wildman–Crippen LogP) is 6.27. The normalized spacial score (nSPS) is 29.5. The van der Waals surface area contributed by atoms with Crippen LogP contribution in [0.5, 0.6) is 0 Å². The molecule has 2 saturated carbocycles. The van der Waals surface area contributed by atoms with Crippen molar-refractivity contribution in [2.45, 2.75) is 57.3 Å². The van der Waals surface area contributed by atoms with Gasteiger partial charge in [0.05, 0.1) is 17.7 Å². The monoisotopic (exact) mass is 344 g/mol. The molecule has 0 atom stereocenters. The Morgan fingerprint density at radius 3 is 1.96 bits per heavy atom. The number of benzene rings is 1. The average molecular weight is 345 g/mol. The summed E-state index contributed by atoms with van der Waals surface area (Å²) in [6.07, 6.45) is 18.4. The van der Waals surface area contributed by atoms with Crippen molar-refractivity contribution in [3.8, 4) is 12.1 Å². The fraction of sp³-hybridized carbons (Fsp3) is 0.500.